The molecule has 0 fully saturated rings. The second kappa shape index (κ2) is 12.2. The zero-order valence-corrected chi connectivity index (χ0v) is 25.4. The van der Waals surface area contributed by atoms with E-state index in [0.717, 1.165) is 49.1 Å². The number of halogens is 1. The predicted molar refractivity (Wildman–Crippen MR) is 175 cm³/mol. The third-order valence-corrected chi connectivity index (χ3v) is 8.05. The van der Waals surface area contributed by atoms with Crippen molar-refractivity contribution in [2.24, 2.45) is 0 Å². The largest absolute Gasteiger partial charge is 2.00 e. The molecule has 0 aliphatic carbocycles. The molecule has 7 rings (SSSR count). The van der Waals surface area contributed by atoms with Crippen molar-refractivity contribution in [3.05, 3.63) is 123 Å². The number of hydrogen-bond donors (Lipinski definition) is 0. The van der Waals surface area contributed by atoms with Gasteiger partial charge in [-0.15, -0.1) is 22.1 Å². The first-order valence-corrected chi connectivity index (χ1v) is 14.3. The molecule has 5 aromatic rings. The summed E-state index contributed by atoms with van der Waals surface area (Å²) >= 11 is 3.77. The molecule has 0 N–H and O–H groups in total. The van der Waals surface area contributed by atoms with Crippen LogP contribution in [-0.2, 0) is 16.5 Å². The molecule has 0 atom stereocenters. The smallest absolute Gasteiger partial charge is 0.657 e. The number of aromatic nitrogens is 4. The van der Waals surface area contributed by atoms with E-state index in [4.69, 9.17) is 19.9 Å². The minimum absolute atomic E-state index is 0. The van der Waals surface area contributed by atoms with Crippen LogP contribution in [0.2, 0.25) is 0 Å². The number of nitriles is 2. The molecule has 2 aromatic carbocycles. The summed E-state index contributed by atoms with van der Waals surface area (Å²) in [4.78, 5) is 20.0. The standard InChI is InChI=1S/C36H19BrN6.Ni/c37-36-32-17-15-30(42-32)34(23-7-3-1-4-8-23)28-13-11-26(40-28)25(19-22(20-38)21-39)27-12-14-29(41-27)35(24-9-5-2-6-10-24)31-16-18-33(36)43-31;/h1-19H;/q-2;+2. The van der Waals surface area contributed by atoms with Gasteiger partial charge in [0.25, 0.3) is 0 Å². The predicted octanol–water partition coefficient (Wildman–Crippen LogP) is 8.44. The second-order valence-electron chi connectivity index (χ2n) is 9.85. The Bertz CT molecular complexity index is 2210. The fraction of sp³-hybridized carbons (Fsp3) is 0. The maximum atomic E-state index is 9.63. The normalized spacial score (nSPS) is 11.3. The van der Waals surface area contributed by atoms with E-state index in [1.807, 2.05) is 121 Å². The molecule has 5 heterocycles. The molecule has 6 nitrogen and oxygen atoms in total. The van der Waals surface area contributed by atoms with Gasteiger partial charge in [0.15, 0.2) is 0 Å². The molecule has 0 spiro atoms. The van der Waals surface area contributed by atoms with Crippen molar-refractivity contribution < 1.29 is 16.5 Å². The van der Waals surface area contributed by atoms with Crippen LogP contribution >= 0.6 is 15.9 Å². The first-order chi connectivity index (χ1) is 21.1. The van der Waals surface area contributed by atoms with Crippen molar-refractivity contribution in [1.29, 1.82) is 10.5 Å². The summed E-state index contributed by atoms with van der Waals surface area (Å²) in [6.07, 6.45) is 9.33. The number of nitrogens with zero attached hydrogens (tertiary/aromatic N) is 6. The van der Waals surface area contributed by atoms with Crippen LogP contribution in [0.15, 0.2) is 95.0 Å². The van der Waals surface area contributed by atoms with Crippen LogP contribution in [0.5, 0.6) is 0 Å². The van der Waals surface area contributed by atoms with Gasteiger partial charge in [-0.25, -0.2) is 9.97 Å². The van der Waals surface area contributed by atoms with E-state index >= 15 is 0 Å². The number of allylic oxidation sites excluding steroid dienone is 1. The molecule has 3 aromatic heterocycles. The zero-order chi connectivity index (χ0) is 29.3. The summed E-state index contributed by atoms with van der Waals surface area (Å²) in [7, 11) is 0. The maximum Gasteiger partial charge on any atom is 2.00 e. The van der Waals surface area contributed by atoms with Crippen molar-refractivity contribution in [2.75, 3.05) is 0 Å². The van der Waals surface area contributed by atoms with Gasteiger partial charge in [-0.3, -0.25) is 0 Å². The van der Waals surface area contributed by atoms with E-state index in [1.165, 1.54) is 0 Å². The van der Waals surface area contributed by atoms with Gasteiger partial charge in [0, 0.05) is 4.47 Å². The van der Waals surface area contributed by atoms with Crippen LogP contribution < -0.4 is 9.97 Å². The Morgan fingerprint density at radius 2 is 1.05 bits per heavy atom. The Hall–Kier alpha value is -5.27. The molecule has 0 amide bonds. The Morgan fingerprint density at radius 1 is 0.591 bits per heavy atom. The topological polar surface area (TPSA) is 102 Å². The van der Waals surface area contributed by atoms with Crippen LogP contribution in [0.25, 0.3) is 74.7 Å². The maximum absolute atomic E-state index is 9.63. The Labute approximate surface area is 271 Å². The van der Waals surface area contributed by atoms with Crippen molar-refractivity contribution in [1.82, 2.24) is 19.9 Å². The molecule has 210 valence electrons. The molecule has 8 bridgehead atoms. The SMILES string of the molecule is N#CC(C#N)=Cc1c2nc(c(-c3ccccc3)c3ccc([n-]3)c(Br)c3nc(c(-c4ccccc4)c4ccc1[n-]4)C=C3)C=C2.[Ni+2]. The molecule has 44 heavy (non-hydrogen) atoms. The summed E-state index contributed by atoms with van der Waals surface area (Å²) in [5, 5.41) is 19.3. The Morgan fingerprint density at radius 3 is 1.61 bits per heavy atom. The molecule has 0 saturated carbocycles. The third kappa shape index (κ3) is 5.23. The van der Waals surface area contributed by atoms with Crippen LogP contribution in [0.4, 0.5) is 0 Å². The first-order valence-electron chi connectivity index (χ1n) is 13.5. The quantitative estimate of drug-likeness (QED) is 0.138. The van der Waals surface area contributed by atoms with Crippen LogP contribution in [-0.4, -0.2) is 9.97 Å². The van der Waals surface area contributed by atoms with E-state index in [-0.39, 0.29) is 22.1 Å². The molecular weight excluding hydrogens is 655 g/mol. The summed E-state index contributed by atoms with van der Waals surface area (Å²) in [5.41, 5.74) is 9.84. The average molecular weight is 674 g/mol. The van der Waals surface area contributed by atoms with Crippen LogP contribution in [0.1, 0.15) is 28.3 Å². The number of fused-ring (bicyclic) bond motifs is 8. The van der Waals surface area contributed by atoms with Gasteiger partial charge in [0.2, 0.25) is 0 Å². The summed E-state index contributed by atoms with van der Waals surface area (Å²) < 4.78 is 0.783. The molecule has 0 radical (unpaired) electrons. The van der Waals surface area contributed by atoms with Crippen LogP contribution in [0, 0.1) is 22.7 Å². The van der Waals surface area contributed by atoms with Gasteiger partial charge in [-0.2, -0.15) is 10.5 Å². The molecule has 8 heteroatoms. The summed E-state index contributed by atoms with van der Waals surface area (Å²) in [6, 6.07) is 31.7. The average Bonchev–Trinajstić information content (AvgIpc) is 3.87. The van der Waals surface area contributed by atoms with E-state index < -0.39 is 0 Å². The van der Waals surface area contributed by atoms with E-state index in [2.05, 4.69) is 15.9 Å². The number of benzene rings is 2. The fourth-order valence-electron chi connectivity index (χ4n) is 5.26. The zero-order valence-electron chi connectivity index (χ0n) is 22.8. The van der Waals surface area contributed by atoms with Gasteiger partial charge in [-0.1, -0.05) is 84.9 Å². The van der Waals surface area contributed by atoms with Gasteiger partial charge in [-0.05, 0) is 74.1 Å². The second-order valence-corrected chi connectivity index (χ2v) is 10.6. The van der Waals surface area contributed by atoms with Crippen molar-refractivity contribution in [3.8, 4) is 34.4 Å². The number of hydrogen-bond acceptors (Lipinski definition) is 4. The summed E-state index contributed by atoms with van der Waals surface area (Å²) in [6.45, 7) is 0. The van der Waals surface area contributed by atoms with Gasteiger partial charge in [0.1, 0.15) is 17.7 Å². The first kappa shape index (κ1) is 28.8. The van der Waals surface area contributed by atoms with E-state index in [0.29, 0.717) is 28.0 Å². The van der Waals surface area contributed by atoms with Gasteiger partial charge < -0.3 is 9.97 Å². The minimum atomic E-state index is -0.0388. The van der Waals surface area contributed by atoms with Crippen LogP contribution in [0.3, 0.4) is 0 Å². The van der Waals surface area contributed by atoms with E-state index in [1.54, 1.807) is 6.08 Å². The fourth-order valence-corrected chi connectivity index (χ4v) is 5.70. The summed E-state index contributed by atoms with van der Waals surface area (Å²) in [5.74, 6) is 0. The Balaban J connectivity index is 0.00000343. The monoisotopic (exact) mass is 672 g/mol. The Kier molecular flexibility index (Phi) is 7.96. The number of rotatable bonds is 3. The molecule has 2 aliphatic heterocycles. The third-order valence-electron chi connectivity index (χ3n) is 7.24. The minimum Gasteiger partial charge on any atom is -0.657 e. The molecule has 2 aliphatic rings. The molecule has 0 saturated heterocycles. The van der Waals surface area contributed by atoms with E-state index in [9.17, 15) is 10.5 Å². The van der Waals surface area contributed by atoms with Crippen molar-refractivity contribution >= 4 is 68.4 Å². The van der Waals surface area contributed by atoms with Gasteiger partial charge >= 0.3 is 16.5 Å². The molecular formula is C36H19BrN6Ni. The molecule has 0 unspecified atom stereocenters. The van der Waals surface area contributed by atoms with Crippen molar-refractivity contribution in [2.45, 2.75) is 0 Å². The van der Waals surface area contributed by atoms with Gasteiger partial charge in [0.05, 0.1) is 22.8 Å². The van der Waals surface area contributed by atoms with Crippen molar-refractivity contribution in [3.63, 3.8) is 0 Å².